The Hall–Kier alpha value is -2.44. The summed E-state index contributed by atoms with van der Waals surface area (Å²) in [5.74, 6) is 1.60. The lowest BCUT2D eigenvalue weighted by atomic mass is 9.97. The lowest BCUT2D eigenvalue weighted by Crippen LogP contribution is -2.33. The van der Waals surface area contributed by atoms with E-state index in [0.29, 0.717) is 0 Å². The zero-order valence-electron chi connectivity index (χ0n) is 15.7. The Morgan fingerprint density at radius 2 is 2.00 bits per heavy atom. The molecule has 4 nitrogen and oxygen atoms in total. The van der Waals surface area contributed by atoms with E-state index in [9.17, 15) is 0 Å². The molecular weight excluding hydrogens is 388 g/mol. The van der Waals surface area contributed by atoms with Gasteiger partial charge in [0.2, 0.25) is 6.23 Å². The van der Waals surface area contributed by atoms with Crippen molar-refractivity contribution in [2.45, 2.75) is 23.6 Å². The molecule has 6 heteroatoms. The number of hydrogen-bond donors (Lipinski definition) is 0. The summed E-state index contributed by atoms with van der Waals surface area (Å²) in [5, 5.41) is 9.21. The summed E-state index contributed by atoms with van der Waals surface area (Å²) in [6.45, 7) is 0. The van der Waals surface area contributed by atoms with Crippen LogP contribution in [-0.4, -0.2) is 24.1 Å². The van der Waals surface area contributed by atoms with E-state index >= 15 is 0 Å². The van der Waals surface area contributed by atoms with Crippen LogP contribution in [0.15, 0.2) is 70.0 Å². The fraction of sp³-hybridized carbons (Fsp3) is 0.227. The summed E-state index contributed by atoms with van der Waals surface area (Å²) in [6.07, 6.45) is 2.67. The third-order valence-electron chi connectivity index (χ3n) is 5.21. The first-order chi connectivity index (χ1) is 13.8. The van der Waals surface area contributed by atoms with Gasteiger partial charge in [-0.3, -0.25) is 0 Å². The van der Waals surface area contributed by atoms with E-state index in [4.69, 9.17) is 14.6 Å². The molecule has 2 aromatic carbocycles. The highest BCUT2D eigenvalue weighted by Gasteiger charge is 2.42. The number of nitrogens with zero attached hydrogens (tertiary/aromatic N) is 2. The molecule has 28 heavy (non-hydrogen) atoms. The molecule has 3 heterocycles. The zero-order valence-corrected chi connectivity index (χ0v) is 17.3. The molecule has 3 aromatic rings. The minimum Gasteiger partial charge on any atom is -0.493 e. The van der Waals surface area contributed by atoms with Crippen LogP contribution in [0.2, 0.25) is 0 Å². The number of hydrazone groups is 1. The van der Waals surface area contributed by atoms with Crippen molar-refractivity contribution in [2.75, 3.05) is 13.4 Å². The second-order valence-corrected chi connectivity index (χ2v) is 8.57. The third-order valence-corrected chi connectivity index (χ3v) is 6.87. The quantitative estimate of drug-likeness (QED) is 0.517. The normalized spacial score (nSPS) is 20.2. The fourth-order valence-corrected chi connectivity index (χ4v) is 4.95. The van der Waals surface area contributed by atoms with E-state index in [2.05, 4.69) is 59.1 Å². The lowest BCUT2D eigenvalue weighted by molar-refractivity contribution is -0.0209. The first-order valence-electron chi connectivity index (χ1n) is 9.15. The smallest absolute Gasteiger partial charge is 0.214 e. The van der Waals surface area contributed by atoms with Crippen molar-refractivity contribution in [3.05, 3.63) is 76.0 Å². The van der Waals surface area contributed by atoms with Crippen LogP contribution in [0, 0.1) is 0 Å². The Morgan fingerprint density at radius 3 is 2.71 bits per heavy atom. The number of ether oxygens (including phenoxy) is 2. The van der Waals surface area contributed by atoms with Gasteiger partial charge in [-0.2, -0.15) is 5.10 Å². The van der Waals surface area contributed by atoms with Crippen molar-refractivity contribution >= 4 is 28.8 Å². The first kappa shape index (κ1) is 17.6. The molecule has 0 saturated heterocycles. The molecule has 2 atom stereocenters. The van der Waals surface area contributed by atoms with Gasteiger partial charge in [-0.25, -0.2) is 5.01 Å². The lowest BCUT2D eigenvalue weighted by Gasteiger charge is -2.38. The summed E-state index contributed by atoms with van der Waals surface area (Å²) in [5.41, 5.74) is 3.34. The summed E-state index contributed by atoms with van der Waals surface area (Å²) in [4.78, 5) is 2.45. The van der Waals surface area contributed by atoms with Gasteiger partial charge in [-0.15, -0.1) is 23.1 Å². The minimum atomic E-state index is -0.276. The van der Waals surface area contributed by atoms with Crippen LogP contribution in [0.5, 0.6) is 11.5 Å². The van der Waals surface area contributed by atoms with Gasteiger partial charge in [0.15, 0.2) is 11.5 Å². The van der Waals surface area contributed by atoms with Crippen LogP contribution < -0.4 is 9.47 Å². The second kappa shape index (κ2) is 7.18. The zero-order chi connectivity index (χ0) is 19.1. The number of benzene rings is 2. The molecule has 0 spiro atoms. The van der Waals surface area contributed by atoms with Crippen molar-refractivity contribution in [3.63, 3.8) is 0 Å². The average Bonchev–Trinajstić information content (AvgIpc) is 3.42. The van der Waals surface area contributed by atoms with Gasteiger partial charge in [0.25, 0.3) is 0 Å². The molecule has 0 radical (unpaired) electrons. The van der Waals surface area contributed by atoms with E-state index in [1.54, 1.807) is 30.2 Å². The molecule has 0 N–H and O–H groups in total. The highest BCUT2D eigenvalue weighted by atomic mass is 32.2. The standard InChI is InChI=1S/C22H20N2O2S2/c1-25-19-6-3-5-16-18-13-17(20-7-4-12-28-20)23-24(18)22(26-21(16)19)14-8-10-15(27-2)11-9-14/h3-12,18,22H,13H2,1-2H3. The molecule has 2 aliphatic rings. The maximum Gasteiger partial charge on any atom is 0.214 e. The van der Waals surface area contributed by atoms with E-state index < -0.39 is 0 Å². The van der Waals surface area contributed by atoms with Crippen LogP contribution in [0.3, 0.4) is 0 Å². The molecule has 5 rings (SSSR count). The van der Waals surface area contributed by atoms with Crippen LogP contribution in [0.1, 0.15) is 34.7 Å². The molecule has 0 fully saturated rings. The second-order valence-electron chi connectivity index (χ2n) is 6.75. The Bertz CT molecular complexity index is 1020. The van der Waals surface area contributed by atoms with Gasteiger partial charge in [0, 0.05) is 22.4 Å². The summed E-state index contributed by atoms with van der Waals surface area (Å²) in [7, 11) is 1.69. The molecule has 2 aliphatic heterocycles. The van der Waals surface area contributed by atoms with Gasteiger partial charge in [-0.05, 0) is 35.9 Å². The van der Waals surface area contributed by atoms with Gasteiger partial charge in [-0.1, -0.05) is 30.3 Å². The summed E-state index contributed by atoms with van der Waals surface area (Å²) >= 11 is 3.47. The van der Waals surface area contributed by atoms with Crippen LogP contribution in [-0.2, 0) is 0 Å². The van der Waals surface area contributed by atoms with Crippen molar-refractivity contribution in [2.24, 2.45) is 5.10 Å². The Balaban J connectivity index is 1.61. The first-order valence-corrected chi connectivity index (χ1v) is 11.3. The van der Waals surface area contributed by atoms with E-state index in [1.165, 1.54) is 9.77 Å². The van der Waals surface area contributed by atoms with Crippen LogP contribution >= 0.6 is 23.1 Å². The summed E-state index contributed by atoms with van der Waals surface area (Å²) in [6, 6.07) is 19.0. The van der Waals surface area contributed by atoms with Crippen LogP contribution in [0.25, 0.3) is 0 Å². The molecule has 0 amide bonds. The van der Waals surface area contributed by atoms with Crippen molar-refractivity contribution in [3.8, 4) is 11.5 Å². The van der Waals surface area contributed by atoms with Gasteiger partial charge < -0.3 is 9.47 Å². The predicted molar refractivity (Wildman–Crippen MR) is 115 cm³/mol. The van der Waals surface area contributed by atoms with Gasteiger partial charge >= 0.3 is 0 Å². The van der Waals surface area contributed by atoms with E-state index in [0.717, 1.165) is 34.8 Å². The molecule has 0 saturated carbocycles. The highest BCUT2D eigenvalue weighted by Crippen LogP contribution is 2.50. The minimum absolute atomic E-state index is 0.140. The molecule has 2 unspecified atom stereocenters. The number of para-hydroxylation sites is 1. The van der Waals surface area contributed by atoms with Gasteiger partial charge in [0.1, 0.15) is 0 Å². The SMILES string of the molecule is COc1cccc2c1OC(c1ccc(SC)cc1)N1N=C(c3cccs3)CC21. The Morgan fingerprint density at radius 1 is 1.14 bits per heavy atom. The molecular formula is C22H20N2O2S2. The molecule has 1 aromatic heterocycles. The third kappa shape index (κ3) is 2.88. The van der Waals surface area contributed by atoms with Gasteiger partial charge in [0.05, 0.1) is 23.7 Å². The van der Waals surface area contributed by atoms with Crippen LogP contribution in [0.4, 0.5) is 0 Å². The maximum atomic E-state index is 6.48. The topological polar surface area (TPSA) is 34.1 Å². The van der Waals surface area contributed by atoms with Crippen molar-refractivity contribution in [1.82, 2.24) is 5.01 Å². The number of rotatable bonds is 4. The number of thiophene rings is 1. The van der Waals surface area contributed by atoms with Crippen molar-refractivity contribution < 1.29 is 9.47 Å². The fourth-order valence-electron chi connectivity index (χ4n) is 3.82. The number of hydrogen-bond acceptors (Lipinski definition) is 6. The monoisotopic (exact) mass is 408 g/mol. The molecule has 0 aliphatic carbocycles. The Kier molecular flexibility index (Phi) is 4.53. The number of thioether (sulfide) groups is 1. The highest BCUT2D eigenvalue weighted by molar-refractivity contribution is 7.98. The number of methoxy groups -OCH3 is 1. The summed E-state index contributed by atoms with van der Waals surface area (Å²) < 4.78 is 12.1. The van der Waals surface area contributed by atoms with E-state index in [-0.39, 0.29) is 12.3 Å². The van der Waals surface area contributed by atoms with Crippen molar-refractivity contribution in [1.29, 1.82) is 0 Å². The average molecular weight is 409 g/mol. The Labute approximate surface area is 172 Å². The maximum absolute atomic E-state index is 6.48. The predicted octanol–water partition coefficient (Wildman–Crippen LogP) is 5.72. The molecule has 0 bridgehead atoms. The largest absolute Gasteiger partial charge is 0.493 e. The number of fused-ring (bicyclic) bond motifs is 3. The molecule has 142 valence electrons. The van der Waals surface area contributed by atoms with E-state index in [1.807, 2.05) is 12.1 Å².